The number of nitrogens with zero attached hydrogens (tertiary/aromatic N) is 19. The molecule has 30 nitrogen and oxygen atoms in total. The maximum Gasteiger partial charge on any atom is 0.124 e. The molecule has 2 atom stereocenters. The van der Waals surface area contributed by atoms with Crippen LogP contribution in [0.1, 0.15) is 62.1 Å². The average molecular weight is 1730 g/mol. The maximum atomic E-state index is 9.68. The quantitative estimate of drug-likeness (QED) is 0.0422. The smallest absolute Gasteiger partial charge is 0.124 e. The molecule has 19 rings (SSSR count). The van der Waals surface area contributed by atoms with Crippen molar-refractivity contribution in [3.05, 3.63) is 231 Å². The summed E-state index contributed by atoms with van der Waals surface area (Å²) in [5, 5.41) is 26.8. The molecule has 8 aromatic carbocycles. The molecule has 1 N–H and O–H groups in total. The molecule has 2 aliphatic carbocycles. The van der Waals surface area contributed by atoms with Crippen LogP contribution in [0, 0.1) is 11.8 Å². The number of ether oxygens (including phenoxy) is 10. The summed E-state index contributed by atoms with van der Waals surface area (Å²) >= 11 is 0. The SMILES string of the molecule is COCCn1cc(-c2ccc3ncc(C(CC4CC4)c4cc(OC)cc(OC)c4)nc3c2)cn1.COc1cc(OC)cc(N(CC2CC2)c2ccc3ncc(-c4cnn(C)c4)nc3c2)c1.COc1cc(OC)cc(N(CC2CCCO2)c2ccc3ncc(-c4cnn(C)c4)nc3c2)c1.COc1cc(OC)cc(N(CCO)c2ccc3ncc(-c4cnn(C)c4)nc3c2)c1. The number of hydrogen-bond acceptors (Lipinski definition) is 26. The number of fused-ring (bicyclic) bond motifs is 4. The van der Waals surface area contributed by atoms with Gasteiger partial charge in [0, 0.05) is 208 Å². The van der Waals surface area contributed by atoms with Crippen LogP contribution in [-0.4, -0.2) is 194 Å². The summed E-state index contributed by atoms with van der Waals surface area (Å²) in [6.45, 7) is 4.20. The van der Waals surface area contributed by atoms with Crippen molar-refractivity contribution in [2.75, 3.05) is 118 Å². The zero-order valence-electron chi connectivity index (χ0n) is 74.0. The zero-order valence-corrected chi connectivity index (χ0v) is 74.0. The standard InChI is InChI=1S/C27H30N4O3.C25H27N5O3.C24H25N5O2.C22H23N5O3/c1-32-9-8-31-17-21(15-29-31)19-6-7-25-26(13-19)30-27(16-28-25)24(10-18-4-5-18)20-11-22(33-2)14-23(12-20)34-3;1-29-15-17(13-27-29)25-14-26-23-7-6-18(11-24(23)28-25)30(16-20-5-4-8-33-20)19-9-21(31-2)12-22(10-19)32-3;1-28-15-17(12-26-28)24-13-25-22-7-6-18(10-23(22)27-24)29(14-16-4-5-16)19-8-20(30-2)11-21(9-19)31-3;1-26-14-15(12-24-26)22-13-23-20-5-4-16(10-21(20)25-22)27(6-7-28)17-8-18(29-2)11-19(9-17)30-3/h6-7,11-18,24H,4-5,8-10H2,1-3H3;6-7,9-15,20H,4-5,8,16H2,1-3H3;6-13,15-16H,4-5,14H2,1-3H3;4-5,8-14,28H,6-7H2,1-3H3. The first-order chi connectivity index (χ1) is 62.5. The second-order valence-electron chi connectivity index (χ2n) is 31.7. The average Bonchev–Trinajstić information content (AvgIpc) is 1.22. The van der Waals surface area contributed by atoms with E-state index in [-0.39, 0.29) is 18.6 Å². The predicted molar refractivity (Wildman–Crippen MR) is 495 cm³/mol. The van der Waals surface area contributed by atoms with Crippen molar-refractivity contribution in [3.8, 4) is 90.9 Å². The Morgan fingerprint density at radius 3 is 1.17 bits per heavy atom. The van der Waals surface area contributed by atoms with Crippen LogP contribution in [0.3, 0.4) is 0 Å². The number of aryl methyl sites for hydroxylation is 3. The molecule has 0 bridgehead atoms. The minimum Gasteiger partial charge on any atom is -0.497 e. The van der Waals surface area contributed by atoms with E-state index >= 15 is 0 Å². The molecule has 9 heterocycles. The predicted octanol–water partition coefficient (Wildman–Crippen LogP) is 17.2. The van der Waals surface area contributed by atoms with Gasteiger partial charge in [-0.15, -0.1) is 0 Å². The largest absolute Gasteiger partial charge is 0.497 e. The molecule has 3 aliphatic rings. The molecule has 0 amide bonds. The van der Waals surface area contributed by atoms with Gasteiger partial charge in [0.2, 0.25) is 0 Å². The van der Waals surface area contributed by atoms with Gasteiger partial charge in [-0.25, -0.2) is 19.9 Å². The van der Waals surface area contributed by atoms with Crippen LogP contribution < -0.4 is 52.6 Å². The third-order valence-electron chi connectivity index (χ3n) is 22.8. The number of anilines is 6. The molecule has 0 spiro atoms. The number of benzene rings is 8. The van der Waals surface area contributed by atoms with Gasteiger partial charge >= 0.3 is 0 Å². The first-order valence-electron chi connectivity index (χ1n) is 42.6. The molecule has 0 radical (unpaired) electrons. The third kappa shape index (κ3) is 21.2. The Balaban J connectivity index is 0.000000125. The normalized spacial score (nSPS) is 13.6. The summed E-state index contributed by atoms with van der Waals surface area (Å²) in [4.78, 5) is 44.7. The molecular formula is C98H105N19O11. The minimum atomic E-state index is -0.0149. The van der Waals surface area contributed by atoms with Crippen molar-refractivity contribution in [2.24, 2.45) is 33.0 Å². The van der Waals surface area contributed by atoms with E-state index in [0.717, 1.165) is 220 Å². The maximum absolute atomic E-state index is 9.68. The Hall–Kier alpha value is -14.4. The molecule has 2 saturated carbocycles. The molecule has 2 unspecified atom stereocenters. The van der Waals surface area contributed by atoms with Crippen molar-refractivity contribution < 1.29 is 52.5 Å². The Bertz CT molecular complexity index is 6410. The fraction of sp³-hybridized carbons (Fsp3) is 0.306. The van der Waals surface area contributed by atoms with Crippen LogP contribution in [0.2, 0.25) is 0 Å². The molecule has 3 fully saturated rings. The van der Waals surface area contributed by atoms with Crippen molar-refractivity contribution in [3.63, 3.8) is 0 Å². The second kappa shape index (κ2) is 40.3. The highest BCUT2D eigenvalue weighted by Crippen LogP contribution is 2.45. The van der Waals surface area contributed by atoms with Crippen LogP contribution in [-0.2, 0) is 37.2 Å². The van der Waals surface area contributed by atoms with Gasteiger partial charge in [-0.3, -0.25) is 38.7 Å². The van der Waals surface area contributed by atoms with Gasteiger partial charge in [-0.2, -0.15) is 20.4 Å². The van der Waals surface area contributed by atoms with E-state index in [9.17, 15) is 5.11 Å². The zero-order chi connectivity index (χ0) is 88.7. The van der Waals surface area contributed by atoms with Crippen LogP contribution >= 0.6 is 0 Å². The highest BCUT2D eigenvalue weighted by Gasteiger charge is 2.31. The molecule has 8 aromatic heterocycles. The number of aliphatic hydroxyl groups is 1. The van der Waals surface area contributed by atoms with E-state index in [1.807, 2.05) is 171 Å². The molecule has 658 valence electrons. The summed E-state index contributed by atoms with van der Waals surface area (Å²) < 4.78 is 62.2. The summed E-state index contributed by atoms with van der Waals surface area (Å²) in [7, 11) is 20.6. The first kappa shape index (κ1) is 87.1. The van der Waals surface area contributed by atoms with E-state index in [1.165, 1.54) is 25.7 Å². The number of hydrogen-bond donors (Lipinski definition) is 1. The number of methoxy groups -OCH3 is 9. The molecule has 1 saturated heterocycles. The van der Waals surface area contributed by atoms with Crippen molar-refractivity contribution in [2.45, 2.75) is 63.5 Å². The highest BCUT2D eigenvalue weighted by molar-refractivity contribution is 5.87. The van der Waals surface area contributed by atoms with Gasteiger partial charge in [0.25, 0.3) is 0 Å². The number of aromatic nitrogens is 16. The Kier molecular flexibility index (Phi) is 27.4. The monoisotopic (exact) mass is 1720 g/mol. The Labute approximate surface area is 742 Å². The Morgan fingerprint density at radius 2 is 0.773 bits per heavy atom. The molecular weight excluding hydrogens is 1620 g/mol. The molecule has 30 heteroatoms. The van der Waals surface area contributed by atoms with Crippen molar-refractivity contribution in [1.29, 1.82) is 0 Å². The minimum absolute atomic E-state index is 0.0149. The van der Waals surface area contributed by atoms with Crippen LogP contribution in [0.5, 0.6) is 46.0 Å². The highest BCUT2D eigenvalue weighted by atomic mass is 16.5. The topological polar surface area (TPSA) is 297 Å². The van der Waals surface area contributed by atoms with Crippen LogP contribution in [0.15, 0.2) is 220 Å². The van der Waals surface area contributed by atoms with Gasteiger partial charge in [0.15, 0.2) is 0 Å². The van der Waals surface area contributed by atoms with E-state index in [2.05, 4.69) is 93.7 Å². The van der Waals surface area contributed by atoms with Crippen molar-refractivity contribution >= 4 is 78.3 Å². The summed E-state index contributed by atoms with van der Waals surface area (Å²) in [6.07, 6.45) is 30.7. The summed E-state index contributed by atoms with van der Waals surface area (Å²) in [6, 6.07) is 48.0. The lowest BCUT2D eigenvalue weighted by atomic mass is 9.90. The van der Waals surface area contributed by atoms with Crippen molar-refractivity contribution in [1.82, 2.24) is 79.0 Å². The Morgan fingerprint density at radius 1 is 0.375 bits per heavy atom. The lowest BCUT2D eigenvalue weighted by Crippen LogP contribution is -2.28. The van der Waals surface area contributed by atoms with Gasteiger partial charge in [-0.1, -0.05) is 18.9 Å². The van der Waals surface area contributed by atoms with E-state index in [0.29, 0.717) is 30.6 Å². The number of aliphatic hydroxyl groups excluding tert-OH is 1. The summed E-state index contributed by atoms with van der Waals surface area (Å²) in [5.74, 6) is 7.50. The fourth-order valence-electron chi connectivity index (χ4n) is 15.5. The third-order valence-corrected chi connectivity index (χ3v) is 22.8. The van der Waals surface area contributed by atoms with Crippen LogP contribution in [0.25, 0.3) is 89.0 Å². The molecule has 16 aromatic rings. The van der Waals surface area contributed by atoms with E-state index < -0.39 is 0 Å². The van der Waals surface area contributed by atoms with E-state index in [4.69, 9.17) is 72.3 Å². The van der Waals surface area contributed by atoms with Gasteiger partial charge in [0.1, 0.15) is 46.0 Å². The van der Waals surface area contributed by atoms with Gasteiger partial charge in [-0.05, 0) is 134 Å². The van der Waals surface area contributed by atoms with Gasteiger partial charge in [0.05, 0.1) is 193 Å². The lowest BCUT2D eigenvalue weighted by Gasteiger charge is -2.28. The molecule has 1 aliphatic heterocycles. The first-order valence-corrected chi connectivity index (χ1v) is 42.6. The molecule has 128 heavy (non-hydrogen) atoms. The summed E-state index contributed by atoms with van der Waals surface area (Å²) in [5.41, 5.74) is 21.9. The van der Waals surface area contributed by atoms with Gasteiger partial charge < -0.3 is 67.2 Å². The van der Waals surface area contributed by atoms with E-state index in [1.54, 1.807) is 109 Å². The lowest BCUT2D eigenvalue weighted by molar-refractivity contribution is 0.117. The second-order valence-corrected chi connectivity index (χ2v) is 31.7. The number of rotatable bonds is 31. The van der Waals surface area contributed by atoms with Crippen LogP contribution in [0.4, 0.5) is 34.1 Å². The fourth-order valence-corrected chi connectivity index (χ4v) is 15.5.